The van der Waals surface area contributed by atoms with E-state index < -0.39 is 0 Å². The first-order valence-electron chi connectivity index (χ1n) is 7.90. The lowest BCUT2D eigenvalue weighted by atomic mass is 9.92. The van der Waals surface area contributed by atoms with Crippen molar-refractivity contribution < 1.29 is 4.79 Å². The Morgan fingerprint density at radius 2 is 2.18 bits per heavy atom. The molecular weight excluding hydrogens is 276 g/mol. The average Bonchev–Trinajstić information content (AvgIpc) is 2.98. The number of aryl methyl sites for hydroxylation is 1. The second-order valence-electron chi connectivity index (χ2n) is 5.91. The van der Waals surface area contributed by atoms with Crippen LogP contribution in [0.15, 0.2) is 36.7 Å². The Balaban J connectivity index is 1.57. The van der Waals surface area contributed by atoms with Gasteiger partial charge in [-0.2, -0.15) is 5.10 Å². The molecule has 5 heteroatoms. The summed E-state index contributed by atoms with van der Waals surface area (Å²) in [5.41, 5.74) is 1.77. The predicted molar refractivity (Wildman–Crippen MR) is 84.7 cm³/mol. The molecule has 0 spiro atoms. The number of hydrogen-bond donors (Lipinski definition) is 0. The van der Waals surface area contributed by atoms with Crippen molar-refractivity contribution in [3.8, 4) is 0 Å². The van der Waals surface area contributed by atoms with E-state index in [-0.39, 0.29) is 11.7 Å². The van der Waals surface area contributed by atoms with E-state index in [9.17, 15) is 4.79 Å². The van der Waals surface area contributed by atoms with E-state index in [0.29, 0.717) is 5.69 Å². The SMILES string of the molecule is Cc1ccnn1CCN1CCCC(C(=O)c2ccccn2)C1. The zero-order valence-corrected chi connectivity index (χ0v) is 13.0. The third-order valence-corrected chi connectivity index (χ3v) is 4.35. The molecule has 22 heavy (non-hydrogen) atoms. The quantitative estimate of drug-likeness (QED) is 0.794. The van der Waals surface area contributed by atoms with E-state index in [1.54, 1.807) is 6.20 Å². The van der Waals surface area contributed by atoms with Crippen LogP contribution in [0.25, 0.3) is 0 Å². The molecule has 0 amide bonds. The summed E-state index contributed by atoms with van der Waals surface area (Å²) < 4.78 is 2.02. The molecule has 0 saturated carbocycles. The molecule has 0 aliphatic carbocycles. The van der Waals surface area contributed by atoms with Crippen LogP contribution in [-0.2, 0) is 6.54 Å². The third-order valence-electron chi connectivity index (χ3n) is 4.35. The predicted octanol–water partition coefficient (Wildman–Crippen LogP) is 2.18. The molecule has 1 aliphatic rings. The minimum Gasteiger partial charge on any atom is -0.301 e. The summed E-state index contributed by atoms with van der Waals surface area (Å²) in [6, 6.07) is 7.55. The van der Waals surface area contributed by atoms with E-state index in [1.807, 2.05) is 35.1 Å². The molecule has 1 saturated heterocycles. The van der Waals surface area contributed by atoms with Gasteiger partial charge >= 0.3 is 0 Å². The highest BCUT2D eigenvalue weighted by Crippen LogP contribution is 2.20. The molecule has 1 atom stereocenters. The van der Waals surface area contributed by atoms with Gasteiger partial charge in [0.25, 0.3) is 0 Å². The van der Waals surface area contributed by atoms with Gasteiger partial charge in [-0.1, -0.05) is 6.07 Å². The topological polar surface area (TPSA) is 51.0 Å². The molecule has 0 radical (unpaired) electrons. The number of likely N-dealkylation sites (tertiary alicyclic amines) is 1. The van der Waals surface area contributed by atoms with Crippen molar-refractivity contribution in [3.05, 3.63) is 48.0 Å². The number of ketones is 1. The maximum absolute atomic E-state index is 12.5. The van der Waals surface area contributed by atoms with E-state index in [4.69, 9.17) is 0 Å². The minimum absolute atomic E-state index is 0.0716. The van der Waals surface area contributed by atoms with Crippen LogP contribution in [-0.4, -0.2) is 45.1 Å². The molecular formula is C17H22N4O. The second kappa shape index (κ2) is 6.83. The van der Waals surface area contributed by atoms with Gasteiger partial charge in [0.05, 0.1) is 6.54 Å². The smallest absolute Gasteiger partial charge is 0.185 e. The van der Waals surface area contributed by atoms with Crippen molar-refractivity contribution in [1.82, 2.24) is 19.7 Å². The Kier molecular flexibility index (Phi) is 4.63. The fourth-order valence-electron chi connectivity index (χ4n) is 3.06. The Morgan fingerprint density at radius 1 is 1.27 bits per heavy atom. The van der Waals surface area contributed by atoms with Crippen LogP contribution < -0.4 is 0 Å². The lowest BCUT2D eigenvalue weighted by Crippen LogP contribution is -2.40. The van der Waals surface area contributed by atoms with E-state index >= 15 is 0 Å². The highest BCUT2D eigenvalue weighted by Gasteiger charge is 2.27. The highest BCUT2D eigenvalue weighted by molar-refractivity contribution is 5.96. The van der Waals surface area contributed by atoms with Crippen LogP contribution >= 0.6 is 0 Å². The summed E-state index contributed by atoms with van der Waals surface area (Å²) >= 11 is 0. The number of hydrogen-bond acceptors (Lipinski definition) is 4. The number of pyridine rings is 1. The first-order chi connectivity index (χ1) is 10.7. The Hall–Kier alpha value is -2.01. The second-order valence-corrected chi connectivity index (χ2v) is 5.91. The molecule has 2 aromatic rings. The normalized spacial score (nSPS) is 19.2. The maximum atomic E-state index is 12.5. The standard InChI is InChI=1S/C17H22N4O/c1-14-7-9-19-21(14)12-11-20-10-4-5-15(13-20)17(22)16-6-2-3-8-18-16/h2-3,6-9,15H,4-5,10-13H2,1H3. The van der Waals surface area contributed by atoms with Gasteiger partial charge in [-0.15, -0.1) is 0 Å². The van der Waals surface area contributed by atoms with Crippen molar-refractivity contribution >= 4 is 5.78 Å². The summed E-state index contributed by atoms with van der Waals surface area (Å²) in [5, 5.41) is 4.31. The van der Waals surface area contributed by atoms with Crippen LogP contribution in [0.3, 0.4) is 0 Å². The first-order valence-corrected chi connectivity index (χ1v) is 7.90. The molecule has 5 nitrogen and oxygen atoms in total. The average molecular weight is 298 g/mol. The van der Waals surface area contributed by atoms with Crippen molar-refractivity contribution in [3.63, 3.8) is 0 Å². The van der Waals surface area contributed by atoms with Crippen molar-refractivity contribution in [1.29, 1.82) is 0 Å². The molecule has 2 aromatic heterocycles. The highest BCUT2D eigenvalue weighted by atomic mass is 16.1. The zero-order valence-electron chi connectivity index (χ0n) is 13.0. The lowest BCUT2D eigenvalue weighted by molar-refractivity contribution is 0.0809. The first kappa shape index (κ1) is 14.9. The number of aromatic nitrogens is 3. The van der Waals surface area contributed by atoms with Gasteiger partial charge < -0.3 is 4.90 Å². The summed E-state index contributed by atoms with van der Waals surface area (Å²) in [7, 11) is 0. The molecule has 3 rings (SSSR count). The molecule has 1 unspecified atom stereocenters. The van der Waals surface area contributed by atoms with Crippen LogP contribution in [0.4, 0.5) is 0 Å². The van der Waals surface area contributed by atoms with Gasteiger partial charge in [0.1, 0.15) is 5.69 Å². The molecule has 1 aliphatic heterocycles. The van der Waals surface area contributed by atoms with Gasteiger partial charge in [-0.3, -0.25) is 14.5 Å². The fraction of sp³-hybridized carbons (Fsp3) is 0.471. The molecule has 1 fully saturated rings. The number of piperidine rings is 1. The Bertz CT molecular complexity index is 623. The third kappa shape index (κ3) is 3.42. The summed E-state index contributed by atoms with van der Waals surface area (Å²) in [4.78, 5) is 19.1. The van der Waals surface area contributed by atoms with Crippen molar-refractivity contribution in [2.75, 3.05) is 19.6 Å². The fourth-order valence-corrected chi connectivity index (χ4v) is 3.06. The van der Waals surface area contributed by atoms with E-state index in [0.717, 1.165) is 39.0 Å². The van der Waals surface area contributed by atoms with Crippen molar-refractivity contribution in [2.24, 2.45) is 5.92 Å². The number of carbonyl (C=O) groups is 1. The molecule has 0 aromatic carbocycles. The van der Waals surface area contributed by atoms with Gasteiger partial charge in [0, 0.05) is 37.1 Å². The van der Waals surface area contributed by atoms with Crippen LogP contribution in [0.1, 0.15) is 29.0 Å². The van der Waals surface area contributed by atoms with Gasteiger partial charge in [0.2, 0.25) is 0 Å². The number of Topliss-reactive ketones (excluding diaryl/α,β-unsaturated/α-hetero) is 1. The van der Waals surface area contributed by atoms with E-state index in [1.165, 1.54) is 5.69 Å². The van der Waals surface area contributed by atoms with Crippen molar-refractivity contribution in [2.45, 2.75) is 26.3 Å². The summed E-state index contributed by atoms with van der Waals surface area (Å²) in [6.07, 6.45) is 5.56. The minimum atomic E-state index is 0.0716. The number of rotatable bonds is 5. The molecule has 3 heterocycles. The van der Waals surface area contributed by atoms with Crippen LogP contribution in [0, 0.1) is 12.8 Å². The Morgan fingerprint density at radius 3 is 2.91 bits per heavy atom. The number of nitrogens with zero attached hydrogens (tertiary/aromatic N) is 4. The molecule has 0 bridgehead atoms. The number of carbonyl (C=O) groups excluding carboxylic acids is 1. The van der Waals surface area contributed by atoms with Gasteiger partial charge in [0.15, 0.2) is 5.78 Å². The molecule has 116 valence electrons. The maximum Gasteiger partial charge on any atom is 0.185 e. The summed E-state index contributed by atoms with van der Waals surface area (Å²) in [5.74, 6) is 0.253. The molecule has 0 N–H and O–H groups in total. The Labute approximate surface area is 131 Å². The summed E-state index contributed by atoms with van der Waals surface area (Å²) in [6.45, 7) is 5.77. The van der Waals surface area contributed by atoms with Crippen LogP contribution in [0.5, 0.6) is 0 Å². The van der Waals surface area contributed by atoms with E-state index in [2.05, 4.69) is 21.9 Å². The largest absolute Gasteiger partial charge is 0.301 e. The lowest BCUT2D eigenvalue weighted by Gasteiger charge is -2.31. The zero-order chi connectivity index (χ0) is 15.4. The monoisotopic (exact) mass is 298 g/mol. The van der Waals surface area contributed by atoms with Crippen LogP contribution in [0.2, 0.25) is 0 Å². The van der Waals surface area contributed by atoms with Gasteiger partial charge in [-0.05, 0) is 44.5 Å². The van der Waals surface area contributed by atoms with Gasteiger partial charge in [-0.25, -0.2) is 0 Å².